The van der Waals surface area contributed by atoms with E-state index in [4.69, 9.17) is 0 Å². The quantitative estimate of drug-likeness (QED) is 0.743. The molecule has 3 aromatic rings. The molecule has 2 unspecified atom stereocenters. The number of benzene rings is 3. The summed E-state index contributed by atoms with van der Waals surface area (Å²) in [6.45, 7) is 0. The van der Waals surface area contributed by atoms with Crippen LogP contribution >= 0.6 is 0 Å². The van der Waals surface area contributed by atoms with Gasteiger partial charge in [0.25, 0.3) is 0 Å². The van der Waals surface area contributed by atoms with Crippen molar-refractivity contribution in [2.45, 2.75) is 18.6 Å². The molecule has 0 aliphatic carbocycles. The summed E-state index contributed by atoms with van der Waals surface area (Å²) in [6.07, 6.45) is 0.367. The van der Waals surface area contributed by atoms with Gasteiger partial charge in [0.1, 0.15) is 0 Å². The molecule has 0 spiro atoms. The standard InChI is InChI=1S/C19H17NO/c21-19(18-12-15-7-3-4-8-17(15)20-18)16-10-9-13-5-1-2-6-14(13)11-16/h1-11,18-21H,12H2. The van der Waals surface area contributed by atoms with Crippen LogP contribution in [0.4, 0.5) is 5.69 Å². The van der Waals surface area contributed by atoms with Crippen LogP contribution in [0.3, 0.4) is 0 Å². The highest BCUT2D eigenvalue weighted by Crippen LogP contribution is 2.32. The van der Waals surface area contributed by atoms with Gasteiger partial charge < -0.3 is 10.4 Å². The highest BCUT2D eigenvalue weighted by atomic mass is 16.3. The Balaban J connectivity index is 1.64. The lowest BCUT2D eigenvalue weighted by molar-refractivity contribution is 0.157. The van der Waals surface area contributed by atoms with E-state index in [-0.39, 0.29) is 6.04 Å². The topological polar surface area (TPSA) is 32.3 Å². The number of nitrogens with one attached hydrogen (secondary N) is 1. The van der Waals surface area contributed by atoms with Crippen LogP contribution in [0.15, 0.2) is 66.7 Å². The van der Waals surface area contributed by atoms with Gasteiger partial charge >= 0.3 is 0 Å². The Bertz CT molecular complexity index is 771. The van der Waals surface area contributed by atoms with Crippen LogP contribution in [0.2, 0.25) is 0 Å². The number of para-hydroxylation sites is 1. The maximum atomic E-state index is 10.7. The lowest BCUT2D eigenvalue weighted by atomic mass is 9.97. The Morgan fingerprint density at radius 3 is 2.52 bits per heavy atom. The Labute approximate surface area is 124 Å². The van der Waals surface area contributed by atoms with Crippen molar-refractivity contribution in [3.05, 3.63) is 77.9 Å². The Morgan fingerprint density at radius 2 is 1.67 bits per heavy atom. The number of aliphatic hydroxyl groups excluding tert-OH is 1. The number of anilines is 1. The number of hydrogen-bond donors (Lipinski definition) is 2. The zero-order valence-electron chi connectivity index (χ0n) is 11.7. The molecule has 1 aliphatic heterocycles. The molecule has 2 nitrogen and oxygen atoms in total. The summed E-state index contributed by atoms with van der Waals surface area (Å²) in [7, 11) is 0. The Kier molecular flexibility index (Phi) is 2.90. The van der Waals surface area contributed by atoms with Crippen LogP contribution in [0.25, 0.3) is 10.8 Å². The third-order valence-corrected chi connectivity index (χ3v) is 4.29. The SMILES string of the molecule is OC(c1ccc2ccccc2c1)C1Cc2ccccc2N1. The summed E-state index contributed by atoms with van der Waals surface area (Å²) >= 11 is 0. The van der Waals surface area contributed by atoms with E-state index >= 15 is 0 Å². The first kappa shape index (κ1) is 12.4. The van der Waals surface area contributed by atoms with E-state index in [9.17, 15) is 5.11 Å². The largest absolute Gasteiger partial charge is 0.386 e. The zero-order chi connectivity index (χ0) is 14.2. The zero-order valence-corrected chi connectivity index (χ0v) is 11.7. The van der Waals surface area contributed by atoms with Gasteiger partial charge in [0.2, 0.25) is 0 Å². The highest BCUT2D eigenvalue weighted by Gasteiger charge is 2.27. The molecule has 0 saturated heterocycles. The van der Waals surface area contributed by atoms with E-state index in [2.05, 4.69) is 41.7 Å². The van der Waals surface area contributed by atoms with Crippen molar-refractivity contribution in [2.24, 2.45) is 0 Å². The fourth-order valence-corrected chi connectivity index (χ4v) is 3.14. The van der Waals surface area contributed by atoms with Crippen molar-refractivity contribution in [3.63, 3.8) is 0 Å². The van der Waals surface area contributed by atoms with Gasteiger partial charge in [-0.25, -0.2) is 0 Å². The highest BCUT2D eigenvalue weighted by molar-refractivity contribution is 5.83. The number of aliphatic hydroxyl groups is 1. The molecule has 2 atom stereocenters. The van der Waals surface area contributed by atoms with E-state index in [1.807, 2.05) is 30.3 Å². The van der Waals surface area contributed by atoms with Crippen LogP contribution in [-0.4, -0.2) is 11.1 Å². The van der Waals surface area contributed by atoms with Gasteiger partial charge in [-0.2, -0.15) is 0 Å². The minimum absolute atomic E-state index is 0.0450. The van der Waals surface area contributed by atoms with Gasteiger partial charge in [-0.1, -0.05) is 54.6 Å². The van der Waals surface area contributed by atoms with Crippen molar-refractivity contribution in [1.29, 1.82) is 0 Å². The molecule has 2 N–H and O–H groups in total. The molecule has 1 aliphatic rings. The van der Waals surface area contributed by atoms with Crippen LogP contribution in [0, 0.1) is 0 Å². The van der Waals surface area contributed by atoms with Gasteiger partial charge in [-0.15, -0.1) is 0 Å². The number of hydrogen-bond acceptors (Lipinski definition) is 2. The van der Waals surface area contributed by atoms with Crippen molar-refractivity contribution in [3.8, 4) is 0 Å². The molecule has 104 valence electrons. The van der Waals surface area contributed by atoms with Gasteiger partial charge in [-0.3, -0.25) is 0 Å². The van der Waals surface area contributed by atoms with E-state index in [0.717, 1.165) is 17.7 Å². The van der Waals surface area contributed by atoms with E-state index in [1.165, 1.54) is 16.3 Å². The molecular weight excluding hydrogens is 258 g/mol. The molecule has 0 fully saturated rings. The normalized spacial score (nSPS) is 18.2. The van der Waals surface area contributed by atoms with Crippen LogP contribution in [0.5, 0.6) is 0 Å². The Hall–Kier alpha value is -2.32. The van der Waals surface area contributed by atoms with E-state index < -0.39 is 6.10 Å². The molecule has 0 aromatic heterocycles. The second kappa shape index (κ2) is 4.90. The number of rotatable bonds is 2. The molecule has 21 heavy (non-hydrogen) atoms. The molecule has 4 rings (SSSR count). The molecular formula is C19H17NO. The summed E-state index contributed by atoms with van der Waals surface area (Å²) in [6, 6.07) is 22.7. The van der Waals surface area contributed by atoms with E-state index in [1.54, 1.807) is 0 Å². The van der Waals surface area contributed by atoms with Crippen LogP contribution in [0.1, 0.15) is 17.2 Å². The maximum absolute atomic E-state index is 10.7. The minimum Gasteiger partial charge on any atom is -0.386 e. The fraction of sp³-hybridized carbons (Fsp3) is 0.158. The molecule has 1 heterocycles. The third-order valence-electron chi connectivity index (χ3n) is 4.29. The second-order valence-corrected chi connectivity index (χ2v) is 5.66. The molecule has 0 amide bonds. The van der Waals surface area contributed by atoms with Gasteiger partial charge in [0.05, 0.1) is 12.1 Å². The predicted molar refractivity (Wildman–Crippen MR) is 86.5 cm³/mol. The first-order valence-corrected chi connectivity index (χ1v) is 7.32. The first-order valence-electron chi connectivity index (χ1n) is 7.32. The van der Waals surface area contributed by atoms with Gasteiger partial charge in [0, 0.05) is 5.69 Å². The average molecular weight is 275 g/mol. The van der Waals surface area contributed by atoms with Crippen molar-refractivity contribution >= 4 is 16.5 Å². The molecule has 0 radical (unpaired) electrons. The van der Waals surface area contributed by atoms with Crippen molar-refractivity contribution < 1.29 is 5.11 Å². The minimum atomic E-state index is -0.498. The summed E-state index contributed by atoms with van der Waals surface area (Å²) in [5, 5.41) is 16.5. The first-order chi connectivity index (χ1) is 10.3. The molecule has 3 aromatic carbocycles. The summed E-state index contributed by atoms with van der Waals surface area (Å²) < 4.78 is 0. The molecule has 2 heteroatoms. The average Bonchev–Trinajstić information content (AvgIpc) is 2.97. The van der Waals surface area contributed by atoms with Gasteiger partial charge in [0.15, 0.2) is 0 Å². The van der Waals surface area contributed by atoms with Crippen molar-refractivity contribution in [2.75, 3.05) is 5.32 Å². The predicted octanol–water partition coefficient (Wildman–Crippen LogP) is 3.91. The summed E-state index contributed by atoms with van der Waals surface area (Å²) in [4.78, 5) is 0. The monoisotopic (exact) mass is 275 g/mol. The molecule has 0 bridgehead atoms. The Morgan fingerprint density at radius 1 is 0.905 bits per heavy atom. The van der Waals surface area contributed by atoms with Crippen molar-refractivity contribution in [1.82, 2.24) is 0 Å². The van der Waals surface area contributed by atoms with Crippen LogP contribution in [-0.2, 0) is 6.42 Å². The molecule has 0 saturated carbocycles. The number of fused-ring (bicyclic) bond motifs is 2. The fourth-order valence-electron chi connectivity index (χ4n) is 3.14. The smallest absolute Gasteiger partial charge is 0.0994 e. The van der Waals surface area contributed by atoms with Gasteiger partial charge in [-0.05, 0) is 40.5 Å². The third kappa shape index (κ3) is 2.18. The lowest BCUT2D eigenvalue weighted by Crippen LogP contribution is -2.24. The summed E-state index contributed by atoms with van der Waals surface area (Å²) in [5.74, 6) is 0. The summed E-state index contributed by atoms with van der Waals surface area (Å²) in [5.41, 5.74) is 3.39. The van der Waals surface area contributed by atoms with E-state index in [0.29, 0.717) is 0 Å². The van der Waals surface area contributed by atoms with Crippen LogP contribution < -0.4 is 5.32 Å². The lowest BCUT2D eigenvalue weighted by Gasteiger charge is -2.19. The maximum Gasteiger partial charge on any atom is 0.0994 e. The second-order valence-electron chi connectivity index (χ2n) is 5.66.